The van der Waals surface area contributed by atoms with Gasteiger partial charge in [-0.2, -0.15) is 0 Å². The molecule has 4 nitrogen and oxygen atoms in total. The fraction of sp³-hybridized carbons (Fsp3) is 0.833. The highest BCUT2D eigenvalue weighted by Crippen LogP contribution is 2.35. The van der Waals surface area contributed by atoms with E-state index < -0.39 is 0 Å². The second-order valence-electron chi connectivity index (χ2n) is 6.25. The van der Waals surface area contributed by atoms with Crippen LogP contribution in [-0.4, -0.2) is 24.1 Å². The van der Waals surface area contributed by atoms with Crippen molar-refractivity contribution in [3.8, 4) is 0 Å². The van der Waals surface area contributed by atoms with E-state index in [4.69, 9.17) is 4.74 Å². The van der Waals surface area contributed by atoms with Crippen LogP contribution in [0.2, 0.25) is 0 Å². The van der Waals surface area contributed by atoms with Crippen LogP contribution in [0.3, 0.4) is 0 Å². The van der Waals surface area contributed by atoms with Crippen molar-refractivity contribution < 1.29 is 19.1 Å². The van der Waals surface area contributed by atoms with E-state index in [1.807, 2.05) is 0 Å². The first kappa shape index (κ1) is 18.9. The summed E-state index contributed by atoms with van der Waals surface area (Å²) in [6.45, 7) is 4.29. The lowest BCUT2D eigenvalue weighted by molar-refractivity contribution is -0.143. The summed E-state index contributed by atoms with van der Waals surface area (Å²) in [6.07, 6.45) is 7.61. The van der Waals surface area contributed by atoms with Gasteiger partial charge in [0.15, 0.2) is 0 Å². The summed E-state index contributed by atoms with van der Waals surface area (Å²) in [6, 6.07) is 0. The Labute approximate surface area is 134 Å². The number of hydrogen-bond acceptors (Lipinski definition) is 4. The summed E-state index contributed by atoms with van der Waals surface area (Å²) >= 11 is 0. The van der Waals surface area contributed by atoms with Crippen LogP contribution in [0.5, 0.6) is 0 Å². The first-order chi connectivity index (χ1) is 10.6. The summed E-state index contributed by atoms with van der Waals surface area (Å²) < 4.78 is 4.92. The normalized spacial score (nSPS) is 21.1. The van der Waals surface area contributed by atoms with Crippen LogP contribution in [0.1, 0.15) is 78.1 Å². The molecule has 0 spiro atoms. The van der Waals surface area contributed by atoms with Crippen LogP contribution in [-0.2, 0) is 19.1 Å². The van der Waals surface area contributed by atoms with Gasteiger partial charge in [0.2, 0.25) is 0 Å². The SMILES string of the molecule is CCCCCC(=O)CC[C@H]1CCC(=O)[C@H]1CCC(=O)OCC. The van der Waals surface area contributed by atoms with Crippen molar-refractivity contribution in [2.24, 2.45) is 11.8 Å². The predicted octanol–water partition coefficient (Wildman–Crippen LogP) is 3.85. The summed E-state index contributed by atoms with van der Waals surface area (Å²) in [5.74, 6) is 0.575. The van der Waals surface area contributed by atoms with Gasteiger partial charge in [0.05, 0.1) is 6.61 Å². The van der Waals surface area contributed by atoms with E-state index in [2.05, 4.69) is 6.92 Å². The molecule has 0 N–H and O–H groups in total. The molecule has 1 aliphatic carbocycles. The number of ketones is 2. The Hall–Kier alpha value is -1.19. The van der Waals surface area contributed by atoms with Crippen LogP contribution >= 0.6 is 0 Å². The number of Topliss-reactive ketones (excluding diaryl/α,β-unsaturated/α-hetero) is 2. The Kier molecular flexibility index (Phi) is 9.02. The van der Waals surface area contributed by atoms with Crippen molar-refractivity contribution in [1.29, 1.82) is 0 Å². The van der Waals surface area contributed by atoms with Gasteiger partial charge < -0.3 is 4.74 Å². The molecule has 0 aromatic heterocycles. The van der Waals surface area contributed by atoms with Crippen LogP contribution in [0.15, 0.2) is 0 Å². The molecular weight excluding hydrogens is 280 g/mol. The Balaban J connectivity index is 2.33. The number of hydrogen-bond donors (Lipinski definition) is 0. The molecule has 2 atom stereocenters. The highest BCUT2D eigenvalue weighted by molar-refractivity contribution is 5.84. The Morgan fingerprint density at radius 3 is 2.55 bits per heavy atom. The van der Waals surface area contributed by atoms with Crippen molar-refractivity contribution in [1.82, 2.24) is 0 Å². The van der Waals surface area contributed by atoms with Crippen molar-refractivity contribution in [3.05, 3.63) is 0 Å². The van der Waals surface area contributed by atoms with E-state index in [0.717, 1.165) is 32.1 Å². The zero-order chi connectivity index (χ0) is 16.4. The molecule has 0 heterocycles. The predicted molar refractivity (Wildman–Crippen MR) is 85.5 cm³/mol. The van der Waals surface area contributed by atoms with Crippen molar-refractivity contribution >= 4 is 17.5 Å². The van der Waals surface area contributed by atoms with Gasteiger partial charge in [-0.3, -0.25) is 14.4 Å². The van der Waals surface area contributed by atoms with E-state index >= 15 is 0 Å². The molecule has 0 saturated heterocycles. The van der Waals surface area contributed by atoms with Crippen LogP contribution < -0.4 is 0 Å². The largest absolute Gasteiger partial charge is 0.466 e. The van der Waals surface area contributed by atoms with E-state index in [9.17, 15) is 14.4 Å². The first-order valence-electron chi connectivity index (χ1n) is 8.78. The molecule has 1 aliphatic rings. The lowest BCUT2D eigenvalue weighted by Crippen LogP contribution is -2.18. The molecule has 0 aromatic rings. The standard InChI is InChI=1S/C18H30O4/c1-3-5-6-7-15(19)10-8-14-9-12-17(20)16(14)11-13-18(21)22-4-2/h14,16H,3-13H2,1-2H3/t14-,16-/m0/s1. The van der Waals surface area contributed by atoms with Gasteiger partial charge in [0.25, 0.3) is 0 Å². The Bertz CT molecular complexity index is 375. The molecule has 0 radical (unpaired) electrons. The number of unbranched alkanes of at least 4 members (excludes halogenated alkanes) is 2. The minimum absolute atomic E-state index is 0.0483. The molecular formula is C18H30O4. The van der Waals surface area contributed by atoms with E-state index in [1.54, 1.807) is 6.92 Å². The van der Waals surface area contributed by atoms with Gasteiger partial charge in [0, 0.05) is 31.6 Å². The molecule has 0 unspecified atom stereocenters. The van der Waals surface area contributed by atoms with Crippen molar-refractivity contribution in [2.45, 2.75) is 78.1 Å². The molecule has 1 saturated carbocycles. The topological polar surface area (TPSA) is 60.4 Å². The van der Waals surface area contributed by atoms with E-state index in [-0.39, 0.29) is 23.6 Å². The molecule has 126 valence electrons. The third kappa shape index (κ3) is 6.71. The molecule has 4 heteroatoms. The van der Waals surface area contributed by atoms with E-state index in [1.165, 1.54) is 0 Å². The zero-order valence-electron chi connectivity index (χ0n) is 14.1. The average molecular weight is 310 g/mol. The number of ether oxygens (including phenoxy) is 1. The molecule has 1 rings (SSSR count). The third-order valence-corrected chi connectivity index (χ3v) is 4.56. The fourth-order valence-corrected chi connectivity index (χ4v) is 3.27. The third-order valence-electron chi connectivity index (χ3n) is 4.56. The minimum Gasteiger partial charge on any atom is -0.466 e. The first-order valence-corrected chi connectivity index (χ1v) is 8.78. The molecule has 0 aliphatic heterocycles. The smallest absolute Gasteiger partial charge is 0.305 e. The van der Waals surface area contributed by atoms with Crippen LogP contribution in [0, 0.1) is 11.8 Å². The number of rotatable bonds is 11. The summed E-state index contributed by atoms with van der Waals surface area (Å²) in [7, 11) is 0. The van der Waals surface area contributed by atoms with Crippen molar-refractivity contribution in [2.75, 3.05) is 6.61 Å². The van der Waals surface area contributed by atoms with Gasteiger partial charge in [0.1, 0.15) is 11.6 Å². The summed E-state index contributed by atoms with van der Waals surface area (Å²) in [5.41, 5.74) is 0. The van der Waals surface area contributed by atoms with E-state index in [0.29, 0.717) is 44.5 Å². The number of carbonyl (C=O) groups excluding carboxylic acids is 3. The lowest BCUT2D eigenvalue weighted by atomic mass is 9.86. The minimum atomic E-state index is -0.225. The molecule has 0 aromatic carbocycles. The molecule has 1 fully saturated rings. The number of carbonyl (C=O) groups is 3. The van der Waals surface area contributed by atoms with Crippen LogP contribution in [0.25, 0.3) is 0 Å². The molecule has 0 amide bonds. The fourth-order valence-electron chi connectivity index (χ4n) is 3.27. The molecule has 22 heavy (non-hydrogen) atoms. The van der Waals surface area contributed by atoms with Gasteiger partial charge in [-0.15, -0.1) is 0 Å². The highest BCUT2D eigenvalue weighted by atomic mass is 16.5. The van der Waals surface area contributed by atoms with Gasteiger partial charge in [-0.1, -0.05) is 19.8 Å². The maximum absolute atomic E-state index is 12.0. The highest BCUT2D eigenvalue weighted by Gasteiger charge is 2.34. The van der Waals surface area contributed by atoms with Crippen LogP contribution in [0.4, 0.5) is 0 Å². The summed E-state index contributed by atoms with van der Waals surface area (Å²) in [5, 5.41) is 0. The quantitative estimate of drug-likeness (QED) is 0.429. The lowest BCUT2D eigenvalue weighted by Gasteiger charge is -2.17. The second kappa shape index (κ2) is 10.5. The summed E-state index contributed by atoms with van der Waals surface area (Å²) in [4.78, 5) is 35.3. The Morgan fingerprint density at radius 2 is 1.86 bits per heavy atom. The van der Waals surface area contributed by atoms with Crippen molar-refractivity contribution in [3.63, 3.8) is 0 Å². The Morgan fingerprint density at radius 1 is 1.09 bits per heavy atom. The monoisotopic (exact) mass is 310 g/mol. The van der Waals surface area contributed by atoms with Gasteiger partial charge >= 0.3 is 5.97 Å². The van der Waals surface area contributed by atoms with Gasteiger partial charge in [-0.05, 0) is 38.5 Å². The van der Waals surface area contributed by atoms with Gasteiger partial charge in [-0.25, -0.2) is 0 Å². The molecule has 0 bridgehead atoms. The number of esters is 1. The average Bonchev–Trinajstić information content (AvgIpc) is 2.84. The maximum Gasteiger partial charge on any atom is 0.305 e. The zero-order valence-corrected chi connectivity index (χ0v) is 14.1. The second-order valence-corrected chi connectivity index (χ2v) is 6.25. The maximum atomic E-state index is 12.0.